The Morgan fingerprint density at radius 2 is 2.27 bits per heavy atom. The molecule has 2 aromatic heterocycles. The van der Waals surface area contributed by atoms with Crippen molar-refractivity contribution in [2.75, 3.05) is 13.1 Å². The van der Waals surface area contributed by atoms with Gasteiger partial charge in [0.05, 0.1) is 5.69 Å². The molecule has 22 heavy (non-hydrogen) atoms. The van der Waals surface area contributed by atoms with Crippen molar-refractivity contribution >= 4 is 5.91 Å². The highest BCUT2D eigenvalue weighted by Gasteiger charge is 2.25. The molecular weight excluding hydrogens is 278 g/mol. The summed E-state index contributed by atoms with van der Waals surface area (Å²) >= 11 is 0. The average molecular weight is 299 g/mol. The Labute approximate surface area is 130 Å². The fourth-order valence-electron chi connectivity index (χ4n) is 2.96. The number of hydrogen-bond donors (Lipinski definition) is 0. The van der Waals surface area contributed by atoms with E-state index in [1.54, 1.807) is 18.6 Å². The lowest BCUT2D eigenvalue weighted by Gasteiger charge is -2.32. The molecule has 3 heterocycles. The molecule has 2 aromatic rings. The van der Waals surface area contributed by atoms with Gasteiger partial charge in [-0.3, -0.25) is 19.4 Å². The summed E-state index contributed by atoms with van der Waals surface area (Å²) in [6.45, 7) is 4.23. The van der Waals surface area contributed by atoms with Crippen molar-refractivity contribution in [2.24, 2.45) is 0 Å². The lowest BCUT2D eigenvalue weighted by atomic mass is 9.95. The third-order valence-electron chi connectivity index (χ3n) is 4.24. The van der Waals surface area contributed by atoms with Crippen molar-refractivity contribution in [3.8, 4) is 0 Å². The van der Waals surface area contributed by atoms with Gasteiger partial charge in [-0.15, -0.1) is 0 Å². The highest BCUT2D eigenvalue weighted by Crippen LogP contribution is 2.25. The molecule has 1 saturated heterocycles. The fourth-order valence-corrected chi connectivity index (χ4v) is 2.96. The zero-order valence-corrected chi connectivity index (χ0v) is 12.9. The number of rotatable bonds is 4. The summed E-state index contributed by atoms with van der Waals surface area (Å²) < 4.78 is 1.88. The van der Waals surface area contributed by atoms with E-state index in [2.05, 4.69) is 15.1 Å². The first-order chi connectivity index (χ1) is 10.7. The van der Waals surface area contributed by atoms with Crippen LogP contribution in [0.25, 0.3) is 0 Å². The largest absolute Gasteiger partial charge is 0.342 e. The summed E-state index contributed by atoms with van der Waals surface area (Å²) in [4.78, 5) is 22.9. The van der Waals surface area contributed by atoms with E-state index in [0.717, 1.165) is 37.3 Å². The van der Waals surface area contributed by atoms with Crippen LogP contribution in [0, 0.1) is 6.92 Å². The number of amides is 1. The van der Waals surface area contributed by atoms with E-state index in [4.69, 9.17) is 0 Å². The zero-order valence-electron chi connectivity index (χ0n) is 12.9. The third-order valence-corrected chi connectivity index (χ3v) is 4.24. The van der Waals surface area contributed by atoms with Crippen molar-refractivity contribution < 1.29 is 4.79 Å². The van der Waals surface area contributed by atoms with E-state index in [-0.39, 0.29) is 5.91 Å². The number of likely N-dealkylation sites (tertiary alicyclic amines) is 1. The van der Waals surface area contributed by atoms with E-state index in [9.17, 15) is 4.79 Å². The average Bonchev–Trinajstić information content (AvgIpc) is 2.99. The van der Waals surface area contributed by atoms with Crippen molar-refractivity contribution in [2.45, 2.75) is 38.6 Å². The van der Waals surface area contributed by atoms with E-state index >= 15 is 0 Å². The molecule has 1 amide bonds. The smallest absolute Gasteiger partial charge is 0.224 e. The molecule has 1 atom stereocenters. The lowest BCUT2D eigenvalue weighted by Crippen LogP contribution is -2.39. The topological polar surface area (TPSA) is 63.9 Å². The molecule has 1 aliphatic rings. The van der Waals surface area contributed by atoms with Gasteiger partial charge in [-0.2, -0.15) is 5.10 Å². The molecular formula is C16H21N5O. The SMILES string of the molecule is Cc1ccnn1CCC(=O)N1CCCC(c2cnccn2)C1. The van der Waals surface area contributed by atoms with Crippen LogP contribution in [0.1, 0.15) is 36.6 Å². The number of aromatic nitrogens is 4. The Hall–Kier alpha value is -2.24. The summed E-state index contributed by atoms with van der Waals surface area (Å²) in [6, 6.07) is 1.95. The zero-order chi connectivity index (χ0) is 15.4. The quantitative estimate of drug-likeness (QED) is 0.863. The normalized spacial score (nSPS) is 18.4. The van der Waals surface area contributed by atoms with Gasteiger partial charge >= 0.3 is 0 Å². The van der Waals surface area contributed by atoms with Gasteiger partial charge in [-0.05, 0) is 25.8 Å². The molecule has 0 bridgehead atoms. The third kappa shape index (κ3) is 3.32. The minimum absolute atomic E-state index is 0.198. The first-order valence-electron chi connectivity index (χ1n) is 7.76. The summed E-state index contributed by atoms with van der Waals surface area (Å²) in [6.07, 6.45) is 9.57. The number of nitrogens with zero attached hydrogens (tertiary/aromatic N) is 5. The van der Waals surface area contributed by atoms with Gasteiger partial charge in [-0.25, -0.2) is 0 Å². The van der Waals surface area contributed by atoms with Gasteiger partial charge < -0.3 is 4.90 Å². The number of hydrogen-bond acceptors (Lipinski definition) is 4. The highest BCUT2D eigenvalue weighted by molar-refractivity contribution is 5.76. The summed E-state index contributed by atoms with van der Waals surface area (Å²) in [5.41, 5.74) is 2.08. The summed E-state index contributed by atoms with van der Waals surface area (Å²) in [5.74, 6) is 0.501. The molecule has 1 fully saturated rings. The fraction of sp³-hybridized carbons (Fsp3) is 0.500. The first kappa shape index (κ1) is 14.7. The van der Waals surface area contributed by atoms with Crippen molar-refractivity contribution in [3.05, 3.63) is 42.2 Å². The Kier molecular flexibility index (Phi) is 4.46. The van der Waals surface area contributed by atoms with Gasteiger partial charge in [-0.1, -0.05) is 0 Å². The molecule has 0 aromatic carbocycles. The van der Waals surface area contributed by atoms with Gasteiger partial charge in [0.2, 0.25) is 5.91 Å². The van der Waals surface area contributed by atoms with Gasteiger partial charge in [0.15, 0.2) is 0 Å². The van der Waals surface area contributed by atoms with Gasteiger partial charge in [0, 0.05) is 62.5 Å². The molecule has 116 valence electrons. The van der Waals surface area contributed by atoms with Crippen LogP contribution in [0.15, 0.2) is 30.9 Å². The van der Waals surface area contributed by atoms with Crippen LogP contribution in [0.2, 0.25) is 0 Å². The molecule has 3 rings (SSSR count). The molecule has 0 spiro atoms. The predicted molar refractivity (Wildman–Crippen MR) is 82.2 cm³/mol. The second kappa shape index (κ2) is 6.68. The Morgan fingerprint density at radius 1 is 1.36 bits per heavy atom. The van der Waals surface area contributed by atoms with Crippen LogP contribution in [0.3, 0.4) is 0 Å². The van der Waals surface area contributed by atoms with Gasteiger partial charge in [0.1, 0.15) is 0 Å². The molecule has 1 unspecified atom stereocenters. The number of aryl methyl sites for hydroxylation is 2. The van der Waals surface area contributed by atoms with Crippen molar-refractivity contribution in [1.82, 2.24) is 24.6 Å². The highest BCUT2D eigenvalue weighted by atomic mass is 16.2. The van der Waals surface area contributed by atoms with Crippen LogP contribution in [-0.4, -0.2) is 43.6 Å². The van der Waals surface area contributed by atoms with Gasteiger partial charge in [0.25, 0.3) is 0 Å². The molecule has 0 saturated carbocycles. The maximum absolute atomic E-state index is 12.4. The minimum Gasteiger partial charge on any atom is -0.342 e. The Bertz CT molecular complexity index is 624. The Morgan fingerprint density at radius 3 is 3.00 bits per heavy atom. The van der Waals surface area contributed by atoms with Crippen LogP contribution < -0.4 is 0 Å². The molecule has 0 N–H and O–H groups in total. The van der Waals surface area contributed by atoms with E-state index in [1.165, 1.54) is 0 Å². The molecule has 1 aliphatic heterocycles. The summed E-state index contributed by atoms with van der Waals surface area (Å²) in [5, 5.41) is 4.22. The maximum Gasteiger partial charge on any atom is 0.224 e. The summed E-state index contributed by atoms with van der Waals surface area (Å²) in [7, 11) is 0. The van der Waals surface area contributed by atoms with E-state index in [1.807, 2.05) is 28.8 Å². The number of carbonyl (C=O) groups excluding carboxylic acids is 1. The molecule has 6 heteroatoms. The number of piperidine rings is 1. The standard InChI is InChI=1S/C16H21N5O/c1-13-4-6-19-21(13)10-5-16(22)20-9-2-3-14(12-20)15-11-17-7-8-18-15/h4,6-8,11,14H,2-3,5,9-10,12H2,1H3. The van der Waals surface area contributed by atoms with E-state index < -0.39 is 0 Å². The van der Waals surface area contributed by atoms with Crippen LogP contribution >= 0.6 is 0 Å². The Balaban J connectivity index is 1.57. The molecule has 0 radical (unpaired) electrons. The molecule has 6 nitrogen and oxygen atoms in total. The van der Waals surface area contributed by atoms with Crippen LogP contribution in [0.5, 0.6) is 0 Å². The van der Waals surface area contributed by atoms with Crippen LogP contribution in [0.4, 0.5) is 0 Å². The second-order valence-corrected chi connectivity index (χ2v) is 5.75. The minimum atomic E-state index is 0.198. The lowest BCUT2D eigenvalue weighted by molar-refractivity contribution is -0.132. The van der Waals surface area contributed by atoms with E-state index in [0.29, 0.717) is 18.9 Å². The second-order valence-electron chi connectivity index (χ2n) is 5.75. The number of carbonyl (C=O) groups is 1. The molecule has 0 aliphatic carbocycles. The van der Waals surface area contributed by atoms with Crippen molar-refractivity contribution in [1.29, 1.82) is 0 Å². The van der Waals surface area contributed by atoms with Crippen molar-refractivity contribution in [3.63, 3.8) is 0 Å². The van der Waals surface area contributed by atoms with Crippen LogP contribution in [-0.2, 0) is 11.3 Å². The monoisotopic (exact) mass is 299 g/mol. The maximum atomic E-state index is 12.4. The predicted octanol–water partition coefficient (Wildman–Crippen LogP) is 1.78. The first-order valence-corrected chi connectivity index (χ1v) is 7.76.